The first-order valence-corrected chi connectivity index (χ1v) is 13.1. The first-order chi connectivity index (χ1) is 17.6. The number of hydrogen-bond acceptors (Lipinski definition) is 3. The van der Waals surface area contributed by atoms with E-state index in [1.54, 1.807) is 0 Å². The molecule has 0 aliphatic carbocycles. The lowest BCUT2D eigenvalue weighted by Gasteiger charge is -2.11. The molecule has 0 bridgehead atoms. The predicted molar refractivity (Wildman–Crippen MR) is 147 cm³/mol. The lowest BCUT2D eigenvalue weighted by atomic mass is 10.1. The van der Waals surface area contributed by atoms with Gasteiger partial charge in [0, 0.05) is 25.1 Å². The highest BCUT2D eigenvalue weighted by atomic mass is 16.5. The molecule has 36 heavy (non-hydrogen) atoms. The zero-order chi connectivity index (χ0) is 25.2. The van der Waals surface area contributed by atoms with Crippen molar-refractivity contribution in [3.05, 3.63) is 95.3 Å². The van der Waals surface area contributed by atoms with E-state index < -0.39 is 0 Å². The van der Waals surface area contributed by atoms with Crippen molar-refractivity contribution in [2.24, 2.45) is 0 Å². The number of amides is 1. The summed E-state index contributed by atoms with van der Waals surface area (Å²) in [6.45, 7) is 6.42. The third-order valence-electron chi connectivity index (χ3n) is 6.61. The van der Waals surface area contributed by atoms with Gasteiger partial charge in [0.05, 0.1) is 17.6 Å². The van der Waals surface area contributed by atoms with Crippen LogP contribution in [0.15, 0.2) is 72.8 Å². The van der Waals surface area contributed by atoms with E-state index >= 15 is 0 Å². The maximum absolute atomic E-state index is 12.4. The maximum Gasteiger partial charge on any atom is 0.251 e. The fraction of sp³-hybridized carbons (Fsp3) is 0.355. The molecule has 0 radical (unpaired) electrons. The molecule has 5 heteroatoms. The molecule has 0 fully saturated rings. The molecule has 0 spiro atoms. The molecule has 0 atom stereocenters. The Labute approximate surface area is 214 Å². The molecule has 1 aromatic heterocycles. The Morgan fingerprint density at radius 3 is 2.42 bits per heavy atom. The number of nitrogens with one attached hydrogen (secondary N) is 1. The van der Waals surface area contributed by atoms with Crippen molar-refractivity contribution in [1.29, 1.82) is 0 Å². The van der Waals surface area contributed by atoms with Crippen molar-refractivity contribution in [2.75, 3.05) is 13.2 Å². The van der Waals surface area contributed by atoms with Crippen molar-refractivity contribution in [3.63, 3.8) is 0 Å². The standard InChI is InChI=1S/C31H37N3O2/c1-24-14-5-7-16-26(24)31(35)32-21-11-3-4-20-30-33-27-17-8-9-18-28(27)34(30)22-12-13-23-36-29-19-10-6-15-25(29)2/h5-10,14-19H,3-4,11-13,20-23H2,1-2H3,(H,32,35). The number of ether oxygens (including phenoxy) is 1. The molecule has 0 saturated heterocycles. The Kier molecular flexibility index (Phi) is 9.15. The lowest BCUT2D eigenvalue weighted by molar-refractivity contribution is 0.0952. The lowest BCUT2D eigenvalue weighted by Crippen LogP contribution is -2.25. The predicted octanol–water partition coefficient (Wildman–Crippen LogP) is 6.66. The van der Waals surface area contributed by atoms with E-state index in [1.165, 1.54) is 11.1 Å². The van der Waals surface area contributed by atoms with Crippen molar-refractivity contribution < 1.29 is 9.53 Å². The van der Waals surface area contributed by atoms with E-state index in [4.69, 9.17) is 9.72 Å². The van der Waals surface area contributed by atoms with Gasteiger partial charge < -0.3 is 14.6 Å². The number of nitrogens with zero attached hydrogens (tertiary/aromatic N) is 2. The molecule has 1 amide bonds. The largest absolute Gasteiger partial charge is 0.493 e. The van der Waals surface area contributed by atoms with Crippen molar-refractivity contribution in [2.45, 2.75) is 58.9 Å². The van der Waals surface area contributed by atoms with Crippen molar-refractivity contribution in [1.82, 2.24) is 14.9 Å². The molecule has 188 valence electrons. The minimum absolute atomic E-state index is 0.0151. The summed E-state index contributed by atoms with van der Waals surface area (Å²) in [6, 6.07) is 24.3. The van der Waals surface area contributed by atoms with E-state index in [1.807, 2.05) is 49.4 Å². The van der Waals surface area contributed by atoms with Crippen LogP contribution < -0.4 is 10.1 Å². The third kappa shape index (κ3) is 6.75. The van der Waals surface area contributed by atoms with Crippen LogP contribution in [0.2, 0.25) is 0 Å². The minimum atomic E-state index is 0.0151. The second kappa shape index (κ2) is 12.9. The molecule has 5 nitrogen and oxygen atoms in total. The van der Waals surface area contributed by atoms with Gasteiger partial charge in [-0.3, -0.25) is 4.79 Å². The van der Waals surface area contributed by atoms with Gasteiger partial charge in [0.2, 0.25) is 0 Å². The topological polar surface area (TPSA) is 56.1 Å². The van der Waals surface area contributed by atoms with E-state index in [9.17, 15) is 4.79 Å². The summed E-state index contributed by atoms with van der Waals surface area (Å²) in [5, 5.41) is 3.05. The second-order valence-corrected chi connectivity index (χ2v) is 9.37. The summed E-state index contributed by atoms with van der Waals surface area (Å²) in [5.74, 6) is 2.14. The number of para-hydroxylation sites is 3. The Morgan fingerprint density at radius 2 is 1.58 bits per heavy atom. The highest BCUT2D eigenvalue weighted by Crippen LogP contribution is 2.20. The molecule has 0 unspecified atom stereocenters. The Balaban J connectivity index is 1.23. The molecule has 0 saturated carbocycles. The zero-order valence-electron chi connectivity index (χ0n) is 21.5. The van der Waals surface area contributed by atoms with Gasteiger partial charge >= 0.3 is 0 Å². The van der Waals surface area contributed by atoms with Crippen LogP contribution in [-0.4, -0.2) is 28.6 Å². The minimum Gasteiger partial charge on any atom is -0.493 e. The molecular weight excluding hydrogens is 446 g/mol. The number of fused-ring (bicyclic) bond motifs is 1. The van der Waals surface area contributed by atoms with Gasteiger partial charge in [-0.05, 0) is 74.9 Å². The number of rotatable bonds is 13. The van der Waals surface area contributed by atoms with Crippen LogP contribution in [0, 0.1) is 13.8 Å². The van der Waals surface area contributed by atoms with Gasteiger partial charge in [-0.2, -0.15) is 0 Å². The summed E-state index contributed by atoms with van der Waals surface area (Å²) < 4.78 is 8.35. The Morgan fingerprint density at radius 1 is 0.833 bits per heavy atom. The van der Waals surface area contributed by atoms with Crippen molar-refractivity contribution in [3.8, 4) is 5.75 Å². The first kappa shape index (κ1) is 25.5. The number of aryl methyl sites for hydroxylation is 4. The highest BCUT2D eigenvalue weighted by Gasteiger charge is 2.11. The summed E-state index contributed by atoms with van der Waals surface area (Å²) in [4.78, 5) is 17.3. The second-order valence-electron chi connectivity index (χ2n) is 9.37. The number of imidazole rings is 1. The fourth-order valence-corrected chi connectivity index (χ4v) is 4.55. The maximum atomic E-state index is 12.4. The van der Waals surface area contributed by atoms with Crippen LogP contribution in [0.1, 0.15) is 59.4 Å². The van der Waals surface area contributed by atoms with Crippen LogP contribution in [0.25, 0.3) is 11.0 Å². The average molecular weight is 484 g/mol. The van der Waals surface area contributed by atoms with Gasteiger partial charge in [0.1, 0.15) is 11.6 Å². The van der Waals surface area contributed by atoms with Crippen molar-refractivity contribution >= 4 is 16.9 Å². The summed E-state index contributed by atoms with van der Waals surface area (Å²) in [5.41, 5.74) is 5.22. The van der Waals surface area contributed by atoms with E-state index in [2.05, 4.69) is 47.1 Å². The van der Waals surface area contributed by atoms with Crippen LogP contribution in [-0.2, 0) is 13.0 Å². The van der Waals surface area contributed by atoms with Crippen LogP contribution in [0.3, 0.4) is 0 Å². The van der Waals surface area contributed by atoms with Gasteiger partial charge in [-0.15, -0.1) is 0 Å². The van der Waals surface area contributed by atoms with Gasteiger partial charge in [0.25, 0.3) is 5.91 Å². The number of unbranched alkanes of at least 4 members (excludes halogenated alkanes) is 3. The zero-order valence-corrected chi connectivity index (χ0v) is 21.5. The Hall–Kier alpha value is -3.60. The normalized spacial score (nSPS) is 11.1. The number of carbonyl (C=O) groups is 1. The molecule has 4 rings (SSSR count). The molecule has 0 aliphatic heterocycles. The Bertz CT molecular complexity index is 1280. The number of aromatic nitrogens is 2. The molecule has 1 N–H and O–H groups in total. The average Bonchev–Trinajstić information content (AvgIpc) is 3.24. The quantitative estimate of drug-likeness (QED) is 0.217. The summed E-state index contributed by atoms with van der Waals surface area (Å²) >= 11 is 0. The van der Waals surface area contributed by atoms with Gasteiger partial charge in [-0.25, -0.2) is 4.98 Å². The number of carbonyl (C=O) groups excluding carboxylic acids is 1. The van der Waals surface area contributed by atoms with Crippen LogP contribution >= 0.6 is 0 Å². The summed E-state index contributed by atoms with van der Waals surface area (Å²) in [6.07, 6.45) is 6.07. The van der Waals surface area contributed by atoms with Gasteiger partial charge in [0.15, 0.2) is 0 Å². The number of benzene rings is 3. The number of hydrogen-bond donors (Lipinski definition) is 1. The first-order valence-electron chi connectivity index (χ1n) is 13.1. The molecule has 0 aliphatic rings. The third-order valence-corrected chi connectivity index (χ3v) is 6.61. The molecular formula is C31H37N3O2. The SMILES string of the molecule is Cc1ccccc1OCCCCn1c(CCCCCNC(=O)c2ccccc2C)nc2ccccc21. The van der Waals surface area contributed by atoms with Crippen LogP contribution in [0.4, 0.5) is 0 Å². The van der Waals surface area contributed by atoms with E-state index in [0.29, 0.717) is 6.54 Å². The van der Waals surface area contributed by atoms with E-state index in [-0.39, 0.29) is 5.91 Å². The highest BCUT2D eigenvalue weighted by molar-refractivity contribution is 5.95. The van der Waals surface area contributed by atoms with Gasteiger partial charge in [-0.1, -0.05) is 55.0 Å². The monoisotopic (exact) mass is 483 g/mol. The molecule has 4 aromatic rings. The molecule has 3 aromatic carbocycles. The molecule has 1 heterocycles. The van der Waals surface area contributed by atoms with E-state index in [0.717, 1.165) is 79.9 Å². The summed E-state index contributed by atoms with van der Waals surface area (Å²) in [7, 11) is 0. The smallest absolute Gasteiger partial charge is 0.251 e. The fourth-order valence-electron chi connectivity index (χ4n) is 4.55. The van der Waals surface area contributed by atoms with Crippen LogP contribution in [0.5, 0.6) is 5.75 Å².